The molecule has 21 heavy (non-hydrogen) atoms. The Balaban J connectivity index is 2.15. The van der Waals surface area contributed by atoms with Gasteiger partial charge in [-0.3, -0.25) is 0 Å². The number of hydrogen-bond acceptors (Lipinski definition) is 5. The topological polar surface area (TPSA) is 55.0 Å². The largest absolute Gasteiger partial charge is 0.329 e. The number of benzene rings is 1. The standard InChI is InChI=1S/C16H18N4S/c1-10-11(2)21-16-14(10)15(18-9-19-16)20(3)13-6-4-5-12(7-13)8-17/h4-7,9H,8,17H2,1-3H3. The van der Waals surface area contributed by atoms with Crippen LogP contribution in [0.25, 0.3) is 10.2 Å². The molecule has 3 aromatic rings. The lowest BCUT2D eigenvalue weighted by atomic mass is 10.1. The second-order valence-corrected chi connectivity index (χ2v) is 6.30. The third-order valence-corrected chi connectivity index (χ3v) is 4.91. The Kier molecular flexibility index (Phi) is 3.61. The van der Waals surface area contributed by atoms with E-state index < -0.39 is 0 Å². The molecular formula is C16H18N4S. The maximum absolute atomic E-state index is 5.73. The highest BCUT2D eigenvalue weighted by Crippen LogP contribution is 2.36. The number of anilines is 2. The third kappa shape index (κ3) is 2.39. The number of nitrogens with zero attached hydrogens (tertiary/aromatic N) is 3. The first-order valence-electron chi connectivity index (χ1n) is 6.85. The van der Waals surface area contributed by atoms with Crippen LogP contribution in [-0.2, 0) is 6.54 Å². The van der Waals surface area contributed by atoms with Gasteiger partial charge in [-0.2, -0.15) is 0 Å². The maximum atomic E-state index is 5.73. The monoisotopic (exact) mass is 298 g/mol. The summed E-state index contributed by atoms with van der Waals surface area (Å²) >= 11 is 1.72. The predicted molar refractivity (Wildman–Crippen MR) is 89.3 cm³/mol. The van der Waals surface area contributed by atoms with Gasteiger partial charge >= 0.3 is 0 Å². The van der Waals surface area contributed by atoms with Gasteiger partial charge in [0.2, 0.25) is 0 Å². The summed E-state index contributed by atoms with van der Waals surface area (Å²) in [4.78, 5) is 13.3. The van der Waals surface area contributed by atoms with E-state index in [1.807, 2.05) is 19.2 Å². The van der Waals surface area contributed by atoms with Crippen LogP contribution in [0.2, 0.25) is 0 Å². The van der Waals surface area contributed by atoms with E-state index in [0.717, 1.165) is 27.3 Å². The van der Waals surface area contributed by atoms with Crippen molar-refractivity contribution in [3.05, 3.63) is 46.6 Å². The van der Waals surface area contributed by atoms with E-state index in [0.29, 0.717) is 6.54 Å². The fourth-order valence-electron chi connectivity index (χ4n) is 2.43. The summed E-state index contributed by atoms with van der Waals surface area (Å²) < 4.78 is 0. The molecule has 0 saturated carbocycles. The number of rotatable bonds is 3. The average Bonchev–Trinajstić information content (AvgIpc) is 2.81. The van der Waals surface area contributed by atoms with Gasteiger partial charge in [-0.1, -0.05) is 12.1 Å². The predicted octanol–water partition coefficient (Wildman–Crippen LogP) is 3.53. The zero-order valence-electron chi connectivity index (χ0n) is 12.4. The van der Waals surface area contributed by atoms with Crippen molar-refractivity contribution >= 4 is 33.1 Å². The van der Waals surface area contributed by atoms with E-state index in [1.165, 1.54) is 10.4 Å². The molecule has 5 heteroatoms. The quantitative estimate of drug-likeness (QED) is 0.803. The van der Waals surface area contributed by atoms with Crippen molar-refractivity contribution in [3.63, 3.8) is 0 Å². The highest BCUT2D eigenvalue weighted by molar-refractivity contribution is 7.18. The van der Waals surface area contributed by atoms with Crippen LogP contribution in [0.1, 0.15) is 16.0 Å². The van der Waals surface area contributed by atoms with Crippen molar-refractivity contribution in [2.24, 2.45) is 5.73 Å². The lowest BCUT2D eigenvalue weighted by Gasteiger charge is -2.20. The molecule has 0 unspecified atom stereocenters. The van der Waals surface area contributed by atoms with Gasteiger partial charge in [0.05, 0.1) is 5.39 Å². The molecule has 2 N–H and O–H groups in total. The van der Waals surface area contributed by atoms with Crippen LogP contribution in [-0.4, -0.2) is 17.0 Å². The number of fused-ring (bicyclic) bond motifs is 1. The third-order valence-electron chi connectivity index (χ3n) is 3.80. The van der Waals surface area contributed by atoms with Gasteiger partial charge in [0.25, 0.3) is 0 Å². The van der Waals surface area contributed by atoms with Crippen molar-refractivity contribution < 1.29 is 0 Å². The summed E-state index contributed by atoms with van der Waals surface area (Å²) in [6.07, 6.45) is 1.64. The van der Waals surface area contributed by atoms with Gasteiger partial charge < -0.3 is 10.6 Å². The molecule has 108 valence electrons. The summed E-state index contributed by atoms with van der Waals surface area (Å²) in [5.41, 5.74) is 9.19. The Hall–Kier alpha value is -1.98. The van der Waals surface area contributed by atoms with Gasteiger partial charge in [0.15, 0.2) is 0 Å². The Labute approximate surface area is 128 Å². The average molecular weight is 298 g/mol. The van der Waals surface area contributed by atoms with Crippen LogP contribution in [0.4, 0.5) is 11.5 Å². The number of aromatic nitrogens is 2. The number of hydrogen-bond donors (Lipinski definition) is 1. The second-order valence-electron chi connectivity index (χ2n) is 5.09. The second kappa shape index (κ2) is 5.42. The minimum atomic E-state index is 0.539. The molecule has 0 spiro atoms. The van der Waals surface area contributed by atoms with Crippen LogP contribution in [0, 0.1) is 13.8 Å². The summed E-state index contributed by atoms with van der Waals surface area (Å²) in [5, 5.41) is 1.14. The molecule has 1 aromatic carbocycles. The smallest absolute Gasteiger partial charge is 0.145 e. The van der Waals surface area contributed by atoms with Crippen molar-refractivity contribution in [2.45, 2.75) is 20.4 Å². The summed E-state index contributed by atoms with van der Waals surface area (Å²) in [7, 11) is 2.03. The van der Waals surface area contributed by atoms with Gasteiger partial charge in [-0.15, -0.1) is 11.3 Å². The zero-order valence-corrected chi connectivity index (χ0v) is 13.2. The molecule has 0 aliphatic heterocycles. The van der Waals surface area contributed by atoms with E-state index in [2.05, 4.69) is 40.8 Å². The van der Waals surface area contributed by atoms with E-state index in [9.17, 15) is 0 Å². The number of nitrogens with two attached hydrogens (primary N) is 1. The normalized spacial score (nSPS) is 11.0. The Morgan fingerprint density at radius 3 is 2.81 bits per heavy atom. The molecule has 2 heterocycles. The molecule has 0 atom stereocenters. The first kappa shape index (κ1) is 14.0. The van der Waals surface area contributed by atoms with E-state index in [1.54, 1.807) is 17.7 Å². The number of aryl methyl sites for hydroxylation is 2. The van der Waals surface area contributed by atoms with Crippen LogP contribution >= 0.6 is 11.3 Å². The first-order chi connectivity index (χ1) is 10.1. The van der Waals surface area contributed by atoms with Gasteiger partial charge in [0, 0.05) is 24.2 Å². The minimum absolute atomic E-state index is 0.539. The van der Waals surface area contributed by atoms with Gasteiger partial charge in [-0.25, -0.2) is 9.97 Å². The molecule has 0 bridgehead atoms. The van der Waals surface area contributed by atoms with Crippen LogP contribution in [0.15, 0.2) is 30.6 Å². The molecule has 0 radical (unpaired) electrons. The molecule has 0 aliphatic rings. The van der Waals surface area contributed by atoms with Crippen molar-refractivity contribution in [1.82, 2.24) is 9.97 Å². The van der Waals surface area contributed by atoms with E-state index in [4.69, 9.17) is 5.73 Å². The summed E-state index contributed by atoms with van der Waals surface area (Å²) in [5.74, 6) is 0.941. The minimum Gasteiger partial charge on any atom is -0.329 e. The molecular weight excluding hydrogens is 280 g/mol. The SMILES string of the molecule is Cc1sc2ncnc(N(C)c3cccc(CN)c3)c2c1C. The van der Waals surface area contributed by atoms with E-state index >= 15 is 0 Å². The summed E-state index contributed by atoms with van der Waals surface area (Å²) in [6, 6.07) is 8.23. The zero-order chi connectivity index (χ0) is 15.0. The maximum Gasteiger partial charge on any atom is 0.145 e. The lowest BCUT2D eigenvalue weighted by molar-refractivity contribution is 1.06. The lowest BCUT2D eigenvalue weighted by Crippen LogP contribution is -2.12. The van der Waals surface area contributed by atoms with Gasteiger partial charge in [-0.05, 0) is 37.1 Å². The molecule has 0 fully saturated rings. The molecule has 0 saturated heterocycles. The van der Waals surface area contributed by atoms with Crippen molar-refractivity contribution in [3.8, 4) is 0 Å². The fraction of sp³-hybridized carbons (Fsp3) is 0.250. The fourth-order valence-corrected chi connectivity index (χ4v) is 3.42. The Morgan fingerprint density at radius 1 is 1.24 bits per heavy atom. The highest BCUT2D eigenvalue weighted by Gasteiger charge is 2.15. The number of thiophene rings is 1. The van der Waals surface area contributed by atoms with Crippen LogP contribution < -0.4 is 10.6 Å². The highest BCUT2D eigenvalue weighted by atomic mass is 32.1. The molecule has 4 nitrogen and oxygen atoms in total. The molecule has 2 aromatic heterocycles. The molecule has 0 amide bonds. The summed E-state index contributed by atoms with van der Waals surface area (Å²) in [6.45, 7) is 4.79. The van der Waals surface area contributed by atoms with Gasteiger partial charge in [0.1, 0.15) is 17.0 Å². The van der Waals surface area contributed by atoms with Crippen molar-refractivity contribution in [1.29, 1.82) is 0 Å². The molecule has 0 aliphatic carbocycles. The first-order valence-corrected chi connectivity index (χ1v) is 7.67. The molecule has 3 rings (SSSR count). The van der Waals surface area contributed by atoms with E-state index in [-0.39, 0.29) is 0 Å². The Bertz CT molecular complexity index is 794. The van der Waals surface area contributed by atoms with Crippen molar-refractivity contribution in [2.75, 3.05) is 11.9 Å². The van der Waals surface area contributed by atoms with Crippen LogP contribution in [0.5, 0.6) is 0 Å². The Morgan fingerprint density at radius 2 is 2.05 bits per heavy atom. The van der Waals surface area contributed by atoms with Crippen LogP contribution in [0.3, 0.4) is 0 Å².